The molecule has 0 aliphatic heterocycles. The van der Waals surface area contributed by atoms with E-state index in [0.29, 0.717) is 22.5 Å². The van der Waals surface area contributed by atoms with Crippen LogP contribution < -0.4 is 0 Å². The summed E-state index contributed by atoms with van der Waals surface area (Å²) in [7, 11) is 1.62. The van der Waals surface area contributed by atoms with Crippen molar-refractivity contribution in [3.63, 3.8) is 0 Å². The van der Waals surface area contributed by atoms with Crippen molar-refractivity contribution in [2.75, 3.05) is 7.05 Å². The van der Waals surface area contributed by atoms with Gasteiger partial charge in [-0.3, -0.25) is 4.79 Å². The Morgan fingerprint density at radius 1 is 1.04 bits per heavy atom. The van der Waals surface area contributed by atoms with Gasteiger partial charge in [0, 0.05) is 13.6 Å². The van der Waals surface area contributed by atoms with E-state index < -0.39 is 11.7 Å². The highest BCUT2D eigenvalue weighted by molar-refractivity contribution is 5.96. The second kappa shape index (κ2) is 7.50. The van der Waals surface area contributed by atoms with Gasteiger partial charge in [0.15, 0.2) is 0 Å². The molecular formula is C21H20F3N3O. The Kier molecular flexibility index (Phi) is 5.27. The molecule has 0 radical (unpaired) electrons. The van der Waals surface area contributed by atoms with Crippen LogP contribution in [-0.2, 0) is 12.7 Å². The summed E-state index contributed by atoms with van der Waals surface area (Å²) in [4.78, 5) is 14.4. The van der Waals surface area contributed by atoms with Crippen molar-refractivity contribution in [2.45, 2.75) is 26.6 Å². The molecule has 1 heterocycles. The first-order valence-corrected chi connectivity index (χ1v) is 8.71. The van der Waals surface area contributed by atoms with Crippen LogP contribution in [0, 0.1) is 13.8 Å². The van der Waals surface area contributed by atoms with Crippen molar-refractivity contribution in [1.82, 2.24) is 14.7 Å². The SMILES string of the molecule is Cc1nn(-c2ccccc2)c(C)c1C(=O)N(C)Cc1ccc(C(F)(F)F)cc1. The van der Waals surface area contributed by atoms with E-state index in [4.69, 9.17) is 0 Å². The minimum Gasteiger partial charge on any atom is -0.337 e. The highest BCUT2D eigenvalue weighted by atomic mass is 19.4. The summed E-state index contributed by atoms with van der Waals surface area (Å²) in [6.07, 6.45) is -4.37. The standard InChI is InChI=1S/C21H20F3N3O/c1-14-19(15(2)27(25-14)18-7-5-4-6-8-18)20(28)26(3)13-16-9-11-17(12-10-16)21(22,23)24/h4-12H,13H2,1-3H3. The molecule has 0 saturated carbocycles. The molecule has 2 aromatic carbocycles. The first-order valence-electron chi connectivity index (χ1n) is 8.71. The second-order valence-corrected chi connectivity index (χ2v) is 6.65. The van der Waals surface area contributed by atoms with E-state index in [1.165, 1.54) is 17.0 Å². The summed E-state index contributed by atoms with van der Waals surface area (Å²) in [6.45, 7) is 3.80. The molecule has 3 rings (SSSR count). The number of para-hydroxylation sites is 1. The van der Waals surface area contributed by atoms with Gasteiger partial charge in [0.25, 0.3) is 5.91 Å². The number of rotatable bonds is 4. The van der Waals surface area contributed by atoms with Gasteiger partial charge in [-0.1, -0.05) is 30.3 Å². The van der Waals surface area contributed by atoms with Crippen molar-refractivity contribution in [3.8, 4) is 5.69 Å². The number of nitrogens with zero attached hydrogens (tertiary/aromatic N) is 3. The molecule has 1 amide bonds. The third-order valence-electron chi connectivity index (χ3n) is 4.55. The zero-order valence-corrected chi connectivity index (χ0v) is 15.8. The highest BCUT2D eigenvalue weighted by Gasteiger charge is 2.30. The van der Waals surface area contributed by atoms with Crippen molar-refractivity contribution in [2.24, 2.45) is 0 Å². The number of amides is 1. The second-order valence-electron chi connectivity index (χ2n) is 6.65. The van der Waals surface area contributed by atoms with Crippen molar-refractivity contribution in [1.29, 1.82) is 0 Å². The van der Waals surface area contributed by atoms with Gasteiger partial charge in [0.2, 0.25) is 0 Å². The van der Waals surface area contributed by atoms with Gasteiger partial charge in [-0.05, 0) is 43.7 Å². The van der Waals surface area contributed by atoms with E-state index in [9.17, 15) is 18.0 Å². The molecule has 7 heteroatoms. The Morgan fingerprint density at radius 3 is 2.21 bits per heavy atom. The van der Waals surface area contributed by atoms with E-state index in [2.05, 4.69) is 5.10 Å². The maximum absolute atomic E-state index is 13.0. The molecule has 146 valence electrons. The quantitative estimate of drug-likeness (QED) is 0.646. The number of carbonyl (C=O) groups is 1. The number of hydrogen-bond donors (Lipinski definition) is 0. The Bertz CT molecular complexity index is 977. The van der Waals surface area contributed by atoms with Gasteiger partial charge >= 0.3 is 6.18 Å². The lowest BCUT2D eigenvalue weighted by Crippen LogP contribution is -2.27. The van der Waals surface area contributed by atoms with Crippen LogP contribution in [0.15, 0.2) is 54.6 Å². The monoisotopic (exact) mass is 387 g/mol. The van der Waals surface area contributed by atoms with Crippen LogP contribution in [0.4, 0.5) is 13.2 Å². The van der Waals surface area contributed by atoms with E-state index in [1.807, 2.05) is 37.3 Å². The Labute approximate surface area is 161 Å². The van der Waals surface area contributed by atoms with Crippen molar-refractivity contribution < 1.29 is 18.0 Å². The predicted molar refractivity (Wildman–Crippen MR) is 100 cm³/mol. The number of aryl methyl sites for hydroxylation is 1. The number of carbonyl (C=O) groups excluding carboxylic acids is 1. The van der Waals surface area contributed by atoms with Crippen LogP contribution >= 0.6 is 0 Å². The molecular weight excluding hydrogens is 367 g/mol. The molecule has 0 N–H and O–H groups in total. The zero-order chi connectivity index (χ0) is 20.5. The molecule has 0 atom stereocenters. The normalized spacial score (nSPS) is 11.5. The van der Waals surface area contributed by atoms with Gasteiger partial charge < -0.3 is 4.90 Å². The molecule has 3 aromatic rings. The summed E-state index contributed by atoms with van der Waals surface area (Å²) in [5.74, 6) is -0.225. The number of halogens is 3. The number of aromatic nitrogens is 2. The third-order valence-corrected chi connectivity index (χ3v) is 4.55. The fraction of sp³-hybridized carbons (Fsp3) is 0.238. The number of alkyl halides is 3. The minimum absolute atomic E-state index is 0.201. The van der Waals surface area contributed by atoms with Crippen LogP contribution in [-0.4, -0.2) is 27.6 Å². The molecule has 4 nitrogen and oxygen atoms in total. The molecule has 0 bridgehead atoms. The first kappa shape index (κ1) is 19.7. The molecule has 28 heavy (non-hydrogen) atoms. The Morgan fingerprint density at radius 2 is 1.64 bits per heavy atom. The van der Waals surface area contributed by atoms with Gasteiger partial charge in [-0.25, -0.2) is 4.68 Å². The van der Waals surface area contributed by atoms with Gasteiger partial charge in [-0.2, -0.15) is 18.3 Å². The van der Waals surface area contributed by atoms with Crippen molar-refractivity contribution >= 4 is 5.91 Å². The zero-order valence-electron chi connectivity index (χ0n) is 15.8. The Balaban J connectivity index is 1.81. The van der Waals surface area contributed by atoms with Crippen molar-refractivity contribution in [3.05, 3.63) is 82.7 Å². The van der Waals surface area contributed by atoms with Gasteiger partial charge in [0.05, 0.1) is 28.2 Å². The van der Waals surface area contributed by atoms with Crippen LogP contribution in [0.2, 0.25) is 0 Å². The summed E-state index contributed by atoms with van der Waals surface area (Å²) in [6, 6.07) is 14.3. The average molecular weight is 387 g/mol. The van der Waals surface area contributed by atoms with E-state index in [-0.39, 0.29) is 12.5 Å². The topological polar surface area (TPSA) is 38.1 Å². The lowest BCUT2D eigenvalue weighted by molar-refractivity contribution is -0.137. The molecule has 0 saturated heterocycles. The molecule has 0 aliphatic rings. The molecule has 1 aromatic heterocycles. The number of hydrogen-bond acceptors (Lipinski definition) is 2. The smallest absolute Gasteiger partial charge is 0.337 e. The lowest BCUT2D eigenvalue weighted by atomic mass is 10.1. The molecule has 0 spiro atoms. The average Bonchev–Trinajstić information content (AvgIpc) is 2.95. The minimum atomic E-state index is -4.37. The number of benzene rings is 2. The van der Waals surface area contributed by atoms with Crippen LogP contribution in [0.5, 0.6) is 0 Å². The predicted octanol–water partition coefficient (Wildman–Crippen LogP) is 4.78. The summed E-state index contributed by atoms with van der Waals surface area (Å²) in [5.41, 5.74) is 2.58. The first-order chi connectivity index (χ1) is 13.2. The highest BCUT2D eigenvalue weighted by Crippen LogP contribution is 2.29. The van der Waals surface area contributed by atoms with Gasteiger partial charge in [-0.15, -0.1) is 0 Å². The van der Waals surface area contributed by atoms with E-state index in [1.54, 1.807) is 18.7 Å². The fourth-order valence-corrected chi connectivity index (χ4v) is 3.11. The fourth-order valence-electron chi connectivity index (χ4n) is 3.11. The summed E-state index contributed by atoms with van der Waals surface area (Å²) < 4.78 is 39.8. The van der Waals surface area contributed by atoms with Crippen LogP contribution in [0.3, 0.4) is 0 Å². The summed E-state index contributed by atoms with van der Waals surface area (Å²) >= 11 is 0. The van der Waals surface area contributed by atoms with Crippen LogP contribution in [0.1, 0.15) is 32.9 Å². The third kappa shape index (κ3) is 3.93. The Hall–Kier alpha value is -3.09. The molecule has 0 fully saturated rings. The molecule has 0 unspecified atom stereocenters. The van der Waals surface area contributed by atoms with Gasteiger partial charge in [0.1, 0.15) is 0 Å². The molecule has 0 aliphatic carbocycles. The van der Waals surface area contributed by atoms with E-state index in [0.717, 1.165) is 17.8 Å². The maximum atomic E-state index is 13.0. The van der Waals surface area contributed by atoms with E-state index >= 15 is 0 Å². The van der Waals surface area contributed by atoms with Crippen LogP contribution in [0.25, 0.3) is 5.69 Å². The maximum Gasteiger partial charge on any atom is 0.416 e. The largest absolute Gasteiger partial charge is 0.416 e. The lowest BCUT2D eigenvalue weighted by Gasteiger charge is -2.18. The summed E-state index contributed by atoms with van der Waals surface area (Å²) in [5, 5.41) is 4.47.